The number of hydrogen-bond donors (Lipinski definition) is 0. The quantitative estimate of drug-likeness (QED) is 0.346. The minimum Gasteiger partial charge on any atom is -0.384 e. The van der Waals surface area contributed by atoms with Crippen molar-refractivity contribution in [2.24, 2.45) is 0 Å². The molecule has 3 aromatic rings. The van der Waals surface area contributed by atoms with Crippen LogP contribution in [0.5, 0.6) is 0 Å². The molecule has 0 amide bonds. The van der Waals surface area contributed by atoms with Gasteiger partial charge in [-0.2, -0.15) is 12.1 Å². The largest absolute Gasteiger partial charge is 0.384 e. The van der Waals surface area contributed by atoms with E-state index in [1.165, 1.54) is 0 Å². The van der Waals surface area contributed by atoms with E-state index >= 15 is 0 Å². The molecule has 90 valence electrons. The fourth-order valence-electron chi connectivity index (χ4n) is 1.63. The van der Waals surface area contributed by atoms with Crippen LogP contribution in [0.15, 0.2) is 42.6 Å². The summed E-state index contributed by atoms with van der Waals surface area (Å²) in [5.41, 5.74) is 1.87. The van der Waals surface area contributed by atoms with Gasteiger partial charge in [-0.15, -0.1) is 5.39 Å². The molecule has 0 fully saturated rings. The van der Waals surface area contributed by atoms with Crippen LogP contribution in [-0.2, 0) is 15.9 Å². The van der Waals surface area contributed by atoms with Crippen LogP contribution in [0.25, 0.3) is 21.8 Å². The first-order valence-corrected chi connectivity index (χ1v) is 8.70. The molecule has 3 rings (SSSR count). The molecule has 2 aromatic heterocycles. The van der Waals surface area contributed by atoms with E-state index in [1.54, 1.807) is 6.20 Å². The maximum atomic E-state index is 4.81. The minimum atomic E-state index is -0.106. The van der Waals surface area contributed by atoms with Gasteiger partial charge < -0.3 is 4.98 Å². The van der Waals surface area contributed by atoms with Crippen molar-refractivity contribution in [3.05, 3.63) is 48.8 Å². The van der Waals surface area contributed by atoms with E-state index < -0.39 is 0 Å². The second kappa shape index (κ2) is 6.28. The first-order chi connectivity index (χ1) is 8.36. The Kier molecular flexibility index (Phi) is 4.70. The Hall–Kier alpha value is -0.718. The summed E-state index contributed by atoms with van der Waals surface area (Å²) in [5, 5.41) is 2.22. The number of benzene rings is 1. The molecule has 2 heterocycles. The van der Waals surface area contributed by atoms with Gasteiger partial charge in [-0.1, -0.05) is 24.4 Å². The normalized spacial score (nSPS) is 10.2. The fourth-order valence-corrected chi connectivity index (χ4v) is 1.63. The van der Waals surface area contributed by atoms with Crippen LogP contribution in [0, 0.1) is 6.20 Å². The predicted octanol–water partition coefficient (Wildman–Crippen LogP) is 3.96. The molecular weight excluding hydrogens is 349 g/mol. The van der Waals surface area contributed by atoms with Gasteiger partial charge >= 0.3 is 35.0 Å². The molecule has 0 radical (unpaired) electrons. The molecule has 0 aliphatic carbocycles. The molecule has 1 aromatic carbocycles. The smallest absolute Gasteiger partial charge is 0.0405 e. The Morgan fingerprint density at radius 1 is 1.00 bits per heavy atom. The maximum absolute atomic E-state index is 4.81. The molecule has 0 atom stereocenters. The summed E-state index contributed by atoms with van der Waals surface area (Å²) in [6.07, 6.45) is 4.63. The van der Waals surface area contributed by atoms with Crippen LogP contribution in [0.3, 0.4) is 0 Å². The minimum absolute atomic E-state index is 0.106. The SMILES string of the molecule is [Cl][Pd][Cl].[c-]1ccc2ccc3cccnc3c2n1. The van der Waals surface area contributed by atoms with Crippen molar-refractivity contribution < 1.29 is 15.9 Å². The van der Waals surface area contributed by atoms with Gasteiger partial charge in [0.25, 0.3) is 0 Å². The summed E-state index contributed by atoms with van der Waals surface area (Å²) in [6.45, 7) is 0. The molecule has 0 unspecified atom stereocenters. The monoisotopic (exact) mass is 355 g/mol. The number of aromatic nitrogens is 2. The zero-order valence-electron chi connectivity index (χ0n) is 8.51. The van der Waals surface area contributed by atoms with E-state index in [2.05, 4.69) is 28.3 Å². The van der Waals surface area contributed by atoms with E-state index in [9.17, 15) is 0 Å². The number of nitrogens with zero attached hydrogens (tertiary/aromatic N) is 2. The van der Waals surface area contributed by atoms with Crippen LogP contribution in [0.1, 0.15) is 0 Å². The van der Waals surface area contributed by atoms with Gasteiger partial charge in [-0.05, 0) is 17.0 Å². The van der Waals surface area contributed by atoms with E-state index in [-0.39, 0.29) is 15.9 Å². The van der Waals surface area contributed by atoms with E-state index in [0.717, 1.165) is 21.8 Å². The molecular formula is C12H7Cl2N2Pd-. The Morgan fingerprint density at radius 2 is 1.71 bits per heavy atom. The van der Waals surface area contributed by atoms with Gasteiger partial charge in [-0.25, -0.2) is 0 Å². The number of fused-ring (bicyclic) bond motifs is 3. The topological polar surface area (TPSA) is 25.8 Å². The van der Waals surface area contributed by atoms with E-state index in [1.807, 2.05) is 24.3 Å². The van der Waals surface area contributed by atoms with Gasteiger partial charge in [0.1, 0.15) is 0 Å². The van der Waals surface area contributed by atoms with Crippen LogP contribution in [-0.4, -0.2) is 9.97 Å². The molecule has 0 aliphatic rings. The van der Waals surface area contributed by atoms with Crippen molar-refractivity contribution in [1.82, 2.24) is 9.97 Å². The number of halogens is 2. The van der Waals surface area contributed by atoms with Crippen LogP contribution in [0.2, 0.25) is 0 Å². The summed E-state index contributed by atoms with van der Waals surface area (Å²) < 4.78 is 0. The molecule has 0 bridgehead atoms. The summed E-state index contributed by atoms with van der Waals surface area (Å²) >= 11 is -0.106. The number of rotatable bonds is 0. The summed E-state index contributed by atoms with van der Waals surface area (Å²) in [6, 6.07) is 11.9. The second-order valence-electron chi connectivity index (χ2n) is 3.20. The summed E-state index contributed by atoms with van der Waals surface area (Å²) in [4.78, 5) is 8.55. The molecule has 0 saturated heterocycles. The van der Waals surface area contributed by atoms with Crippen molar-refractivity contribution in [2.45, 2.75) is 0 Å². The molecule has 0 spiro atoms. The van der Waals surface area contributed by atoms with E-state index in [4.69, 9.17) is 19.1 Å². The van der Waals surface area contributed by atoms with Crippen molar-refractivity contribution in [2.75, 3.05) is 0 Å². The fraction of sp³-hybridized carbons (Fsp3) is 0. The number of hydrogen-bond acceptors (Lipinski definition) is 2. The van der Waals surface area contributed by atoms with Crippen molar-refractivity contribution >= 4 is 40.9 Å². The van der Waals surface area contributed by atoms with Crippen molar-refractivity contribution in [1.29, 1.82) is 0 Å². The zero-order chi connectivity index (χ0) is 12.1. The van der Waals surface area contributed by atoms with Crippen LogP contribution < -0.4 is 0 Å². The average Bonchev–Trinajstić information content (AvgIpc) is 2.40. The Balaban J connectivity index is 0.000000329. The van der Waals surface area contributed by atoms with Gasteiger partial charge in [0.05, 0.1) is 0 Å². The van der Waals surface area contributed by atoms with Crippen molar-refractivity contribution in [3.63, 3.8) is 0 Å². The predicted molar refractivity (Wildman–Crippen MR) is 67.6 cm³/mol. The standard InChI is InChI=1S/C12H7N2.2ClH.Pd/c1-3-9-5-6-10-4-2-8-14-12(10)11(9)13-7-1;;;/h1-7H;2*1H;/q-1;;;+2/p-2. The zero-order valence-corrected chi connectivity index (χ0v) is 11.6. The van der Waals surface area contributed by atoms with Gasteiger partial charge in [0.15, 0.2) is 0 Å². The average molecular weight is 357 g/mol. The van der Waals surface area contributed by atoms with Crippen LogP contribution >= 0.6 is 19.1 Å². The van der Waals surface area contributed by atoms with Crippen molar-refractivity contribution in [3.8, 4) is 0 Å². The molecule has 5 heteroatoms. The third-order valence-electron chi connectivity index (χ3n) is 2.29. The molecule has 0 aliphatic heterocycles. The molecule has 17 heavy (non-hydrogen) atoms. The first-order valence-electron chi connectivity index (χ1n) is 4.69. The van der Waals surface area contributed by atoms with Gasteiger partial charge in [-0.3, -0.25) is 4.98 Å². The third-order valence-corrected chi connectivity index (χ3v) is 2.29. The first kappa shape index (κ1) is 12.7. The van der Waals surface area contributed by atoms with E-state index in [0.29, 0.717) is 0 Å². The molecule has 0 N–H and O–H groups in total. The van der Waals surface area contributed by atoms with Crippen LogP contribution in [0.4, 0.5) is 0 Å². The Labute approximate surface area is 115 Å². The van der Waals surface area contributed by atoms with Gasteiger partial charge in [0.2, 0.25) is 0 Å². The second-order valence-corrected chi connectivity index (χ2v) is 5.56. The summed E-state index contributed by atoms with van der Waals surface area (Å²) in [7, 11) is 9.63. The maximum Gasteiger partial charge on any atom is 0.0405 e. The molecule has 0 saturated carbocycles. The van der Waals surface area contributed by atoms with Gasteiger partial charge in [0, 0.05) is 11.7 Å². The molecule has 2 nitrogen and oxygen atoms in total. The Bertz CT molecular complexity index is 576. The summed E-state index contributed by atoms with van der Waals surface area (Å²) in [5.74, 6) is 0. The number of pyridine rings is 2. The Morgan fingerprint density at radius 3 is 2.47 bits per heavy atom. The third kappa shape index (κ3) is 2.94.